The van der Waals surface area contributed by atoms with Crippen LogP contribution in [0.4, 0.5) is 0 Å². The van der Waals surface area contributed by atoms with Crippen LogP contribution >= 0.6 is 0 Å². The number of aromatic nitrogens is 4. The van der Waals surface area contributed by atoms with Crippen molar-refractivity contribution >= 4 is 5.91 Å². The number of hydrogen-bond acceptors (Lipinski definition) is 6. The first-order valence-corrected chi connectivity index (χ1v) is 9.02. The Bertz CT molecular complexity index is 1020. The van der Waals surface area contributed by atoms with Crippen LogP contribution in [0.15, 0.2) is 49.1 Å². The van der Waals surface area contributed by atoms with E-state index in [2.05, 4.69) is 26.9 Å². The molecule has 148 valence electrons. The molecule has 1 aliphatic rings. The number of rotatable bonds is 1. The molecule has 0 saturated carbocycles. The zero-order valence-electron chi connectivity index (χ0n) is 16.1. The number of aliphatic hydroxyl groups is 1. The van der Waals surface area contributed by atoms with Gasteiger partial charge in [-0.05, 0) is 37.3 Å². The smallest absolute Gasteiger partial charge is 0.269 e. The molecule has 0 aliphatic carbocycles. The largest absolute Gasteiger partial charge is 0.491 e. The Morgan fingerprint density at radius 1 is 1.34 bits per heavy atom. The van der Waals surface area contributed by atoms with E-state index in [0.717, 1.165) is 11.3 Å². The number of fused-ring (bicyclic) bond motifs is 3. The zero-order chi connectivity index (χ0) is 20.8. The van der Waals surface area contributed by atoms with Gasteiger partial charge in [-0.25, -0.2) is 14.6 Å². The summed E-state index contributed by atoms with van der Waals surface area (Å²) in [5.74, 6) is 5.76. The lowest BCUT2D eigenvalue weighted by Gasteiger charge is -2.08. The van der Waals surface area contributed by atoms with Crippen LogP contribution in [0.25, 0.3) is 5.69 Å². The number of aliphatic hydroxyl groups excluding tert-OH is 1. The number of nitrogens with zero attached hydrogens (tertiary/aromatic N) is 4. The summed E-state index contributed by atoms with van der Waals surface area (Å²) in [5.41, 5.74) is 7.86. The van der Waals surface area contributed by atoms with Crippen LogP contribution in [0.2, 0.25) is 0 Å². The Morgan fingerprint density at radius 2 is 2.10 bits per heavy atom. The molecule has 0 spiro atoms. The van der Waals surface area contributed by atoms with Gasteiger partial charge in [-0.2, -0.15) is 5.10 Å². The first-order valence-electron chi connectivity index (χ1n) is 9.02. The lowest BCUT2D eigenvalue weighted by atomic mass is 10.1. The number of nitrogens with two attached hydrogens (primary N) is 1. The second-order valence-electron chi connectivity index (χ2n) is 6.47. The van der Waals surface area contributed by atoms with Gasteiger partial charge >= 0.3 is 0 Å². The fourth-order valence-electron chi connectivity index (χ4n) is 2.68. The Balaban J connectivity index is 0.000000343. The quantitative estimate of drug-likeness (QED) is 0.610. The highest BCUT2D eigenvalue weighted by atomic mass is 16.5. The van der Waals surface area contributed by atoms with Crippen molar-refractivity contribution in [1.29, 1.82) is 0 Å². The molecule has 29 heavy (non-hydrogen) atoms. The van der Waals surface area contributed by atoms with Gasteiger partial charge < -0.3 is 15.6 Å². The van der Waals surface area contributed by atoms with Crippen molar-refractivity contribution in [2.75, 3.05) is 6.61 Å². The lowest BCUT2D eigenvalue weighted by molar-refractivity contribution is 0.0995. The van der Waals surface area contributed by atoms with Crippen LogP contribution in [-0.4, -0.2) is 43.5 Å². The molecule has 8 nitrogen and oxygen atoms in total. The molecular formula is C21H21N5O3. The fourth-order valence-corrected chi connectivity index (χ4v) is 2.68. The van der Waals surface area contributed by atoms with E-state index < -0.39 is 12.0 Å². The SMILES string of the molecule is CC(O)C#Cc1ccc2c(c1)-n1nc(C(N)=O)cc1[C@@H](C)CO2.c1cncnc1. The molecule has 0 fully saturated rings. The van der Waals surface area contributed by atoms with Gasteiger partial charge in [0.2, 0.25) is 0 Å². The summed E-state index contributed by atoms with van der Waals surface area (Å²) in [6.07, 6.45) is 4.17. The molecule has 0 radical (unpaired) electrons. The average Bonchev–Trinajstić information content (AvgIpc) is 3.13. The Hall–Kier alpha value is -3.70. The monoisotopic (exact) mass is 391 g/mol. The maximum absolute atomic E-state index is 11.4. The summed E-state index contributed by atoms with van der Waals surface area (Å²) in [5, 5.41) is 13.6. The van der Waals surface area contributed by atoms with Crippen LogP contribution in [0.1, 0.15) is 41.5 Å². The predicted molar refractivity (Wildman–Crippen MR) is 107 cm³/mol. The van der Waals surface area contributed by atoms with Gasteiger partial charge in [0.25, 0.3) is 5.91 Å². The van der Waals surface area contributed by atoms with E-state index in [1.165, 1.54) is 6.33 Å². The summed E-state index contributed by atoms with van der Waals surface area (Å²) in [7, 11) is 0. The summed E-state index contributed by atoms with van der Waals surface area (Å²) >= 11 is 0. The van der Waals surface area contributed by atoms with Gasteiger partial charge in [0, 0.05) is 23.9 Å². The number of ether oxygens (including phenoxy) is 1. The van der Waals surface area contributed by atoms with E-state index in [1.54, 1.807) is 36.1 Å². The number of carbonyl (C=O) groups is 1. The topological polar surface area (TPSA) is 116 Å². The third-order valence-electron chi connectivity index (χ3n) is 4.07. The highest BCUT2D eigenvalue weighted by Gasteiger charge is 2.24. The molecule has 2 atom stereocenters. The van der Waals surface area contributed by atoms with Crippen molar-refractivity contribution in [2.24, 2.45) is 5.73 Å². The van der Waals surface area contributed by atoms with Gasteiger partial charge in [-0.15, -0.1) is 0 Å². The minimum Gasteiger partial charge on any atom is -0.491 e. The number of primary amides is 1. The third kappa shape index (κ3) is 4.97. The molecule has 1 aromatic carbocycles. The van der Waals surface area contributed by atoms with Gasteiger partial charge in [-0.1, -0.05) is 18.8 Å². The highest BCUT2D eigenvalue weighted by Crippen LogP contribution is 2.32. The van der Waals surface area contributed by atoms with E-state index in [0.29, 0.717) is 18.0 Å². The van der Waals surface area contributed by atoms with Crippen molar-refractivity contribution in [1.82, 2.24) is 19.7 Å². The van der Waals surface area contributed by atoms with Crippen molar-refractivity contribution < 1.29 is 14.6 Å². The molecule has 1 aliphatic heterocycles. The molecular weight excluding hydrogens is 370 g/mol. The summed E-state index contributed by atoms with van der Waals surface area (Å²) < 4.78 is 7.49. The fraction of sp³-hybridized carbons (Fsp3) is 0.238. The average molecular weight is 391 g/mol. The summed E-state index contributed by atoms with van der Waals surface area (Å²) in [6, 6.07) is 8.93. The maximum Gasteiger partial charge on any atom is 0.269 e. The predicted octanol–water partition coefficient (Wildman–Crippen LogP) is 1.68. The number of carbonyl (C=O) groups excluding carboxylic acids is 1. The van der Waals surface area contributed by atoms with Crippen LogP contribution in [0.3, 0.4) is 0 Å². The number of hydrogen-bond donors (Lipinski definition) is 2. The van der Waals surface area contributed by atoms with Crippen molar-refractivity contribution in [3.05, 3.63) is 66.0 Å². The maximum atomic E-state index is 11.4. The molecule has 4 rings (SSSR count). The summed E-state index contributed by atoms with van der Waals surface area (Å²) in [4.78, 5) is 18.8. The molecule has 1 amide bonds. The van der Waals surface area contributed by atoms with Crippen molar-refractivity contribution in [3.8, 4) is 23.3 Å². The second-order valence-corrected chi connectivity index (χ2v) is 6.47. The van der Waals surface area contributed by atoms with E-state index in [9.17, 15) is 9.90 Å². The van der Waals surface area contributed by atoms with Gasteiger partial charge in [-0.3, -0.25) is 4.79 Å². The van der Waals surface area contributed by atoms with Crippen molar-refractivity contribution in [2.45, 2.75) is 25.9 Å². The van der Waals surface area contributed by atoms with E-state index in [-0.39, 0.29) is 11.6 Å². The van der Waals surface area contributed by atoms with Crippen LogP contribution in [0, 0.1) is 11.8 Å². The lowest BCUT2D eigenvalue weighted by Crippen LogP contribution is -2.12. The van der Waals surface area contributed by atoms with E-state index in [1.807, 2.05) is 25.1 Å². The standard InChI is InChI=1S/C17H17N3O3.C4H4N2/c1-10-9-23-16-6-5-12(4-3-11(2)21)7-15(16)20-14(10)8-13(19-20)17(18)22;1-2-5-4-6-3-1/h5-8,10-11,21H,9H2,1-2H3,(H2,18,22);1-4H/t10-,11?;/m0./s1. The number of amides is 1. The third-order valence-corrected chi connectivity index (χ3v) is 4.07. The first-order chi connectivity index (χ1) is 14.0. The number of benzene rings is 1. The molecule has 2 aromatic heterocycles. The van der Waals surface area contributed by atoms with E-state index >= 15 is 0 Å². The molecule has 1 unspecified atom stereocenters. The minimum atomic E-state index is -0.702. The molecule has 0 saturated heterocycles. The molecule has 3 aromatic rings. The normalized spacial score (nSPS) is 15.1. The van der Waals surface area contributed by atoms with Gasteiger partial charge in [0.05, 0.1) is 12.3 Å². The van der Waals surface area contributed by atoms with Crippen LogP contribution in [0.5, 0.6) is 5.75 Å². The minimum absolute atomic E-state index is 0.0648. The molecule has 3 N–H and O–H groups in total. The molecule has 8 heteroatoms. The van der Waals surface area contributed by atoms with Gasteiger partial charge in [0.15, 0.2) is 5.69 Å². The highest BCUT2D eigenvalue weighted by molar-refractivity contribution is 5.91. The molecule has 0 bridgehead atoms. The summed E-state index contributed by atoms with van der Waals surface area (Å²) in [6.45, 7) is 4.08. The Labute approximate surface area is 168 Å². The zero-order valence-corrected chi connectivity index (χ0v) is 16.1. The van der Waals surface area contributed by atoms with Crippen molar-refractivity contribution in [3.63, 3.8) is 0 Å². The van der Waals surface area contributed by atoms with Crippen LogP contribution in [-0.2, 0) is 0 Å². The Morgan fingerprint density at radius 3 is 2.69 bits per heavy atom. The molecule has 3 heterocycles. The van der Waals surface area contributed by atoms with Gasteiger partial charge in [0.1, 0.15) is 23.9 Å². The second kappa shape index (κ2) is 8.99. The van der Waals surface area contributed by atoms with E-state index in [4.69, 9.17) is 10.5 Å². The Kier molecular flexibility index (Phi) is 6.22. The first kappa shape index (κ1) is 20.0. The van der Waals surface area contributed by atoms with Crippen LogP contribution < -0.4 is 10.5 Å².